The van der Waals surface area contributed by atoms with Gasteiger partial charge >= 0.3 is 36.3 Å². The third kappa shape index (κ3) is 9.70. The normalized spacial score (nSPS) is 17.7. The average Bonchev–Trinajstić information content (AvgIpc) is 2.63. The first-order valence-electron chi connectivity index (χ1n) is 7.86. The molecule has 0 aromatic carbocycles. The van der Waals surface area contributed by atoms with Gasteiger partial charge in [0.05, 0.1) is 0 Å². The van der Waals surface area contributed by atoms with Gasteiger partial charge in [0.25, 0.3) is 25.0 Å². The van der Waals surface area contributed by atoms with E-state index in [2.05, 4.69) is 14.2 Å². The molecule has 0 saturated heterocycles. The molecule has 0 aromatic heterocycles. The van der Waals surface area contributed by atoms with Gasteiger partial charge in [-0.1, -0.05) is 0 Å². The average molecular weight is 556 g/mol. The van der Waals surface area contributed by atoms with Crippen molar-refractivity contribution in [3.63, 3.8) is 0 Å². The van der Waals surface area contributed by atoms with Crippen LogP contribution in [-0.4, -0.2) is 81.1 Å². The molecule has 0 aliphatic rings. The molecule has 0 radical (unpaired) electrons. The molecule has 0 spiro atoms. The summed E-state index contributed by atoms with van der Waals surface area (Å²) in [6.45, 7) is -12.6. The standard InChI is InChI=1S/C13H10F18O3/c14-4(11(23,24)25)8(17,18)1-32-7(33-2-9(19,20)5(15)12(26,27)28)34-3-10(21,22)6(16)13(29,30)31/h4-7H,1-3H2/t4-,5-,6-/m1/s1. The smallest absolute Gasteiger partial charge is 0.323 e. The molecule has 3 atom stereocenters. The molecule has 0 rings (SSSR count). The first-order chi connectivity index (χ1) is 14.7. The van der Waals surface area contributed by atoms with Gasteiger partial charge in [0, 0.05) is 0 Å². The number of hydrogen-bond donors (Lipinski definition) is 0. The number of alkyl halides is 18. The summed E-state index contributed by atoms with van der Waals surface area (Å²) in [6.07, 6.45) is -34.1. The van der Waals surface area contributed by atoms with Crippen LogP contribution in [0.1, 0.15) is 0 Å². The molecule has 34 heavy (non-hydrogen) atoms. The van der Waals surface area contributed by atoms with Gasteiger partial charge in [-0.3, -0.25) is 0 Å². The number of rotatable bonds is 12. The zero-order valence-electron chi connectivity index (χ0n) is 15.5. The van der Waals surface area contributed by atoms with E-state index in [4.69, 9.17) is 0 Å². The molecule has 0 amide bonds. The van der Waals surface area contributed by atoms with Crippen LogP contribution in [0.2, 0.25) is 0 Å². The molecule has 0 unspecified atom stereocenters. The van der Waals surface area contributed by atoms with Crippen LogP contribution in [0.4, 0.5) is 79.0 Å². The lowest BCUT2D eigenvalue weighted by molar-refractivity contribution is -0.354. The van der Waals surface area contributed by atoms with E-state index in [1.165, 1.54) is 0 Å². The summed E-state index contributed by atoms with van der Waals surface area (Å²) in [5.41, 5.74) is 0. The minimum Gasteiger partial charge on any atom is -0.323 e. The Bertz CT molecular complexity index is 540. The van der Waals surface area contributed by atoms with Crippen molar-refractivity contribution < 1.29 is 93.2 Å². The van der Waals surface area contributed by atoms with Gasteiger partial charge < -0.3 is 14.2 Å². The molecule has 0 heterocycles. The lowest BCUT2D eigenvalue weighted by atomic mass is 10.2. The van der Waals surface area contributed by atoms with E-state index in [1.807, 2.05) is 0 Å². The summed E-state index contributed by atoms with van der Waals surface area (Å²) in [4.78, 5) is 0. The van der Waals surface area contributed by atoms with Gasteiger partial charge in [-0.25, -0.2) is 39.5 Å². The molecule has 0 fully saturated rings. The molecular formula is C13H10F18O3. The SMILES string of the molecule is F[C@@H](C(F)(F)F)C(F)(F)COC(OCC(F)(F)[C@@H](F)C(F)(F)F)OCC(F)(F)[C@@H](F)C(F)(F)F. The van der Waals surface area contributed by atoms with Crippen molar-refractivity contribution in [3.8, 4) is 0 Å². The third-order valence-corrected chi connectivity index (χ3v) is 3.21. The van der Waals surface area contributed by atoms with Gasteiger partial charge in [0.15, 0.2) is 0 Å². The van der Waals surface area contributed by atoms with Crippen molar-refractivity contribution in [2.75, 3.05) is 19.8 Å². The number of halogens is 18. The van der Waals surface area contributed by atoms with Crippen LogP contribution in [0, 0.1) is 0 Å². The zero-order chi connectivity index (χ0) is 27.6. The second kappa shape index (κ2) is 10.7. The van der Waals surface area contributed by atoms with Crippen molar-refractivity contribution in [1.29, 1.82) is 0 Å². The van der Waals surface area contributed by atoms with Gasteiger partial charge in [0.2, 0.25) is 0 Å². The lowest BCUT2D eigenvalue weighted by Gasteiger charge is -2.29. The second-order valence-corrected chi connectivity index (χ2v) is 6.22. The Balaban J connectivity index is 5.56. The van der Waals surface area contributed by atoms with E-state index < -0.39 is 81.1 Å². The van der Waals surface area contributed by atoms with Gasteiger partial charge in [0.1, 0.15) is 19.8 Å². The Labute approximate surface area is 175 Å². The molecule has 0 aromatic rings. The molecule has 0 aliphatic heterocycles. The molecule has 21 heteroatoms. The fourth-order valence-electron chi connectivity index (χ4n) is 1.62. The Hall–Kier alpha value is -1.38. The Morgan fingerprint density at radius 3 is 0.706 bits per heavy atom. The first kappa shape index (κ1) is 32.6. The van der Waals surface area contributed by atoms with Crippen molar-refractivity contribution in [3.05, 3.63) is 0 Å². The minimum atomic E-state index is -6.30. The van der Waals surface area contributed by atoms with Crippen molar-refractivity contribution >= 4 is 0 Å². The van der Waals surface area contributed by atoms with Crippen LogP contribution in [0.3, 0.4) is 0 Å². The summed E-state index contributed by atoms with van der Waals surface area (Å²) >= 11 is 0. The Kier molecular flexibility index (Phi) is 10.3. The maximum atomic E-state index is 13.1. The summed E-state index contributed by atoms with van der Waals surface area (Å²) in [5, 5.41) is 0. The highest BCUT2D eigenvalue weighted by Crippen LogP contribution is 2.38. The van der Waals surface area contributed by atoms with Gasteiger partial charge in [-0.2, -0.15) is 39.5 Å². The fraction of sp³-hybridized carbons (Fsp3) is 1.00. The van der Waals surface area contributed by atoms with Crippen LogP contribution in [-0.2, 0) is 14.2 Å². The second-order valence-electron chi connectivity index (χ2n) is 6.22. The fourth-order valence-corrected chi connectivity index (χ4v) is 1.62. The number of ether oxygens (including phenoxy) is 3. The molecule has 0 bridgehead atoms. The van der Waals surface area contributed by atoms with Crippen molar-refractivity contribution in [1.82, 2.24) is 0 Å². The van der Waals surface area contributed by atoms with Crippen LogP contribution in [0.15, 0.2) is 0 Å². The zero-order valence-corrected chi connectivity index (χ0v) is 15.5. The van der Waals surface area contributed by atoms with Crippen LogP contribution < -0.4 is 0 Å². The monoisotopic (exact) mass is 556 g/mol. The Morgan fingerprint density at radius 2 is 0.559 bits per heavy atom. The number of hydrogen-bond acceptors (Lipinski definition) is 3. The lowest BCUT2D eigenvalue weighted by Crippen LogP contribution is -2.49. The Morgan fingerprint density at radius 1 is 0.382 bits per heavy atom. The summed E-state index contributed by atoms with van der Waals surface area (Å²) < 4.78 is 235. The minimum absolute atomic E-state index is 2.95. The van der Waals surface area contributed by atoms with E-state index in [-0.39, 0.29) is 0 Å². The molecule has 0 aliphatic carbocycles. The van der Waals surface area contributed by atoms with Gasteiger partial charge in [-0.15, -0.1) is 0 Å². The molecule has 0 N–H and O–H groups in total. The molecule has 3 nitrogen and oxygen atoms in total. The van der Waals surface area contributed by atoms with Crippen LogP contribution in [0.25, 0.3) is 0 Å². The summed E-state index contributed by atoms with van der Waals surface area (Å²) in [5.74, 6) is -17.0. The van der Waals surface area contributed by atoms with Crippen molar-refractivity contribution in [2.45, 2.75) is 61.3 Å². The van der Waals surface area contributed by atoms with E-state index in [1.54, 1.807) is 0 Å². The predicted molar refractivity (Wildman–Crippen MR) is 69.3 cm³/mol. The summed E-state index contributed by atoms with van der Waals surface area (Å²) in [6, 6.07) is 0. The first-order valence-corrected chi connectivity index (χ1v) is 7.86. The predicted octanol–water partition coefficient (Wildman–Crippen LogP) is 5.93. The molecular weight excluding hydrogens is 546 g/mol. The largest absolute Gasteiger partial charge is 0.425 e. The van der Waals surface area contributed by atoms with E-state index in [9.17, 15) is 79.0 Å². The van der Waals surface area contributed by atoms with Crippen LogP contribution in [0.5, 0.6) is 0 Å². The third-order valence-electron chi connectivity index (χ3n) is 3.21. The maximum Gasteiger partial charge on any atom is 0.425 e. The van der Waals surface area contributed by atoms with Crippen LogP contribution >= 0.6 is 0 Å². The van der Waals surface area contributed by atoms with Gasteiger partial charge in [-0.05, 0) is 0 Å². The van der Waals surface area contributed by atoms with E-state index >= 15 is 0 Å². The molecule has 206 valence electrons. The molecule has 0 saturated carbocycles. The van der Waals surface area contributed by atoms with Crippen molar-refractivity contribution in [2.24, 2.45) is 0 Å². The van der Waals surface area contributed by atoms with E-state index in [0.717, 1.165) is 0 Å². The summed E-state index contributed by atoms with van der Waals surface area (Å²) in [7, 11) is 0. The highest BCUT2D eigenvalue weighted by atomic mass is 19.4. The highest BCUT2D eigenvalue weighted by molar-refractivity contribution is 4.85. The quantitative estimate of drug-likeness (QED) is 0.221. The highest BCUT2D eigenvalue weighted by Gasteiger charge is 2.60. The topological polar surface area (TPSA) is 27.7 Å². The maximum absolute atomic E-state index is 13.1. The van der Waals surface area contributed by atoms with E-state index in [0.29, 0.717) is 0 Å².